The van der Waals surface area contributed by atoms with E-state index in [0.29, 0.717) is 0 Å². The smallest absolute Gasteiger partial charge is 0.0143 e. The van der Waals surface area contributed by atoms with Gasteiger partial charge in [0.2, 0.25) is 0 Å². The summed E-state index contributed by atoms with van der Waals surface area (Å²) in [6.07, 6.45) is 6.53. The van der Waals surface area contributed by atoms with E-state index in [1.165, 1.54) is 50.1 Å². The number of aryl methyl sites for hydroxylation is 1. The maximum absolute atomic E-state index is 4.25. The predicted molar refractivity (Wildman–Crippen MR) is 159 cm³/mol. The Morgan fingerprint density at radius 1 is 0.848 bits per heavy atom. The first-order valence-corrected chi connectivity index (χ1v) is 12.6. The summed E-state index contributed by atoms with van der Waals surface area (Å²) in [6.45, 7) is 42.0. The van der Waals surface area contributed by atoms with E-state index in [-0.39, 0.29) is 0 Å². The lowest BCUT2D eigenvalue weighted by atomic mass is 9.81. The van der Waals surface area contributed by atoms with Gasteiger partial charge in [0.1, 0.15) is 0 Å². The van der Waals surface area contributed by atoms with Gasteiger partial charge in [-0.3, -0.25) is 0 Å². The summed E-state index contributed by atoms with van der Waals surface area (Å²) in [7, 11) is 0. The van der Waals surface area contributed by atoms with E-state index >= 15 is 0 Å². The second kappa shape index (κ2) is 19.2. The molecule has 0 bridgehead atoms. The minimum absolute atomic E-state index is 1.02. The van der Waals surface area contributed by atoms with E-state index in [1.54, 1.807) is 0 Å². The highest BCUT2D eigenvalue weighted by atomic mass is 14.2. The lowest BCUT2D eigenvalue weighted by Crippen LogP contribution is -2.06. The summed E-state index contributed by atoms with van der Waals surface area (Å²) >= 11 is 0. The molecule has 0 aliphatic rings. The Bertz CT molecular complexity index is 847. The highest BCUT2D eigenvalue weighted by molar-refractivity contribution is 5.87. The van der Waals surface area contributed by atoms with Crippen molar-refractivity contribution in [1.29, 1.82) is 0 Å². The maximum Gasteiger partial charge on any atom is -0.0143 e. The molecule has 0 saturated carbocycles. The molecular formula is C33H54. The third-order valence-corrected chi connectivity index (χ3v) is 5.29. The lowest BCUT2D eigenvalue weighted by molar-refractivity contribution is 1.01. The molecule has 0 spiro atoms. The summed E-state index contributed by atoms with van der Waals surface area (Å²) in [4.78, 5) is 0. The van der Waals surface area contributed by atoms with Crippen LogP contribution in [0.4, 0.5) is 0 Å². The van der Waals surface area contributed by atoms with E-state index in [4.69, 9.17) is 0 Å². The monoisotopic (exact) mass is 450 g/mol. The fraction of sp³-hybridized carbons (Fsp3) is 0.455. The van der Waals surface area contributed by atoms with Crippen LogP contribution in [0.5, 0.6) is 0 Å². The number of allylic oxidation sites excluding steroid dienone is 8. The zero-order valence-electron chi connectivity index (χ0n) is 24.5. The molecule has 0 aromatic heterocycles. The van der Waals surface area contributed by atoms with E-state index in [0.717, 1.165) is 24.0 Å². The Morgan fingerprint density at radius 2 is 1.30 bits per heavy atom. The Kier molecular flexibility index (Phi) is 20.5. The van der Waals surface area contributed by atoms with Gasteiger partial charge in [0, 0.05) is 0 Å². The van der Waals surface area contributed by atoms with Crippen LogP contribution in [0, 0.1) is 6.92 Å². The second-order valence-corrected chi connectivity index (χ2v) is 7.79. The highest BCUT2D eigenvalue weighted by Gasteiger charge is 2.19. The van der Waals surface area contributed by atoms with Crippen molar-refractivity contribution in [2.45, 2.75) is 103 Å². The molecule has 0 aliphatic carbocycles. The molecule has 1 rings (SSSR count). The molecule has 1 aromatic carbocycles. The van der Waals surface area contributed by atoms with Gasteiger partial charge >= 0.3 is 0 Å². The van der Waals surface area contributed by atoms with Crippen LogP contribution in [0.1, 0.15) is 111 Å². The summed E-state index contributed by atoms with van der Waals surface area (Å²) < 4.78 is 0. The first-order chi connectivity index (χ1) is 15.6. The van der Waals surface area contributed by atoms with E-state index in [1.807, 2.05) is 27.7 Å². The van der Waals surface area contributed by atoms with Crippen molar-refractivity contribution in [3.8, 4) is 0 Å². The van der Waals surface area contributed by atoms with Gasteiger partial charge in [0.15, 0.2) is 0 Å². The molecule has 0 aliphatic heterocycles. The first-order valence-electron chi connectivity index (χ1n) is 12.6. The Morgan fingerprint density at radius 3 is 1.61 bits per heavy atom. The summed E-state index contributed by atoms with van der Waals surface area (Å²) in [6, 6.07) is 2.36. The van der Waals surface area contributed by atoms with Crippen molar-refractivity contribution in [2.24, 2.45) is 0 Å². The molecule has 0 heteroatoms. The molecule has 0 fully saturated rings. The SMILES string of the molecule is C=C.C=C(C)/C=C(C(C)=C(C)C)\C(=C/C)c1cc(C)c(C(=C)C)c(CC)c1CC.CC.CC. The number of hydrogen-bond donors (Lipinski definition) is 0. The summed E-state index contributed by atoms with van der Waals surface area (Å²) in [5.41, 5.74) is 14.4. The van der Waals surface area contributed by atoms with Crippen LogP contribution in [0.3, 0.4) is 0 Å². The highest BCUT2D eigenvalue weighted by Crippen LogP contribution is 2.38. The molecule has 186 valence electrons. The number of benzene rings is 1. The van der Waals surface area contributed by atoms with Crippen molar-refractivity contribution < 1.29 is 0 Å². The average molecular weight is 451 g/mol. The summed E-state index contributed by atoms with van der Waals surface area (Å²) in [5.74, 6) is 0. The Balaban J connectivity index is -0.00000138. The van der Waals surface area contributed by atoms with Gasteiger partial charge in [-0.25, -0.2) is 0 Å². The minimum atomic E-state index is 1.02. The minimum Gasteiger partial charge on any atom is -0.106 e. The standard InChI is InChI=1S/C27H38.2C2H6.C2H4/c1-12-22-24(14-3)27(19(8)9)20(10)16-26(22)23(13-2)25(15-17(4)5)21(11)18(6)7;3*1-2/h13,15-16H,4,8,12,14H2,1-3,5-7,9-11H3;2*1-2H3;1-2H2/b23-13+,25-15-;;;. The van der Waals surface area contributed by atoms with Crippen LogP contribution in [0.25, 0.3) is 11.1 Å². The maximum atomic E-state index is 4.25. The molecule has 0 heterocycles. The molecule has 0 radical (unpaired) electrons. The van der Waals surface area contributed by atoms with Crippen LogP contribution >= 0.6 is 0 Å². The zero-order chi connectivity index (χ0) is 26.9. The van der Waals surface area contributed by atoms with Crippen molar-refractivity contribution in [3.05, 3.63) is 94.6 Å². The first kappa shape index (κ1) is 35.3. The molecule has 0 N–H and O–H groups in total. The second-order valence-electron chi connectivity index (χ2n) is 7.79. The van der Waals surface area contributed by atoms with Gasteiger partial charge in [-0.15, -0.1) is 13.2 Å². The molecule has 0 atom stereocenters. The van der Waals surface area contributed by atoms with Gasteiger partial charge in [0.25, 0.3) is 0 Å². The summed E-state index contributed by atoms with van der Waals surface area (Å²) in [5, 5.41) is 0. The van der Waals surface area contributed by atoms with Crippen LogP contribution in [0.15, 0.2) is 66.8 Å². The van der Waals surface area contributed by atoms with Crippen LogP contribution in [0.2, 0.25) is 0 Å². The zero-order valence-corrected chi connectivity index (χ0v) is 24.5. The third kappa shape index (κ3) is 9.99. The average Bonchev–Trinajstić information content (AvgIpc) is 2.81. The van der Waals surface area contributed by atoms with Crippen LogP contribution < -0.4 is 0 Å². The fourth-order valence-corrected chi connectivity index (χ4v) is 3.92. The molecule has 1 aromatic rings. The van der Waals surface area contributed by atoms with Crippen LogP contribution in [-0.2, 0) is 12.8 Å². The van der Waals surface area contributed by atoms with E-state index in [9.17, 15) is 0 Å². The molecule has 0 saturated heterocycles. The van der Waals surface area contributed by atoms with E-state index < -0.39 is 0 Å². The third-order valence-electron chi connectivity index (χ3n) is 5.29. The topological polar surface area (TPSA) is 0 Å². The largest absolute Gasteiger partial charge is 0.106 e. The van der Waals surface area contributed by atoms with Gasteiger partial charge < -0.3 is 0 Å². The fourth-order valence-electron chi connectivity index (χ4n) is 3.92. The van der Waals surface area contributed by atoms with Crippen LogP contribution in [-0.4, -0.2) is 0 Å². The lowest BCUT2D eigenvalue weighted by Gasteiger charge is -2.24. The molecule has 0 nitrogen and oxygen atoms in total. The van der Waals surface area contributed by atoms with Crippen molar-refractivity contribution >= 4 is 11.1 Å². The Hall–Kier alpha value is -2.34. The number of hydrogen-bond acceptors (Lipinski definition) is 0. The normalized spacial score (nSPS) is 10.5. The van der Waals surface area contributed by atoms with Gasteiger partial charge in [-0.2, -0.15) is 0 Å². The van der Waals surface area contributed by atoms with Crippen molar-refractivity contribution in [3.63, 3.8) is 0 Å². The predicted octanol–water partition coefficient (Wildman–Crippen LogP) is 11.3. The van der Waals surface area contributed by atoms with E-state index in [2.05, 4.69) is 107 Å². The molecular weight excluding hydrogens is 396 g/mol. The quantitative estimate of drug-likeness (QED) is 0.286. The molecule has 0 amide bonds. The van der Waals surface area contributed by atoms with Gasteiger partial charge in [0.05, 0.1) is 0 Å². The number of rotatable bonds is 7. The molecule has 0 unspecified atom stereocenters. The van der Waals surface area contributed by atoms with Crippen molar-refractivity contribution in [2.75, 3.05) is 0 Å². The van der Waals surface area contributed by atoms with Gasteiger partial charge in [-0.05, 0) is 106 Å². The van der Waals surface area contributed by atoms with Gasteiger partial charge in [-0.1, -0.05) is 89.6 Å². The van der Waals surface area contributed by atoms with Crippen molar-refractivity contribution in [1.82, 2.24) is 0 Å². The molecule has 33 heavy (non-hydrogen) atoms. The Labute approximate surface area is 208 Å².